The summed E-state index contributed by atoms with van der Waals surface area (Å²) in [4.78, 5) is 11.8. The lowest BCUT2D eigenvalue weighted by molar-refractivity contribution is -0.132. The lowest BCUT2D eigenvalue weighted by Crippen LogP contribution is -2.27. The Morgan fingerprint density at radius 1 is 1.50 bits per heavy atom. The molecule has 1 heterocycles. The second kappa shape index (κ2) is 6.42. The summed E-state index contributed by atoms with van der Waals surface area (Å²) in [6, 6.07) is 1.58. The predicted molar refractivity (Wildman–Crippen MR) is 61.3 cm³/mol. The van der Waals surface area contributed by atoms with Crippen molar-refractivity contribution in [2.24, 2.45) is 0 Å². The number of halogens is 3. The van der Waals surface area contributed by atoms with Crippen molar-refractivity contribution in [2.75, 3.05) is 13.2 Å². The van der Waals surface area contributed by atoms with E-state index in [1.54, 1.807) is 11.4 Å². The number of nitrogens with one attached hydrogen (secondary N) is 1. The SMILES string of the molecule is O=C(NCCC(F)(F)F)c1sccc1C#CCO. The van der Waals surface area contributed by atoms with Gasteiger partial charge in [0, 0.05) is 12.1 Å². The van der Waals surface area contributed by atoms with Gasteiger partial charge in [-0.25, -0.2) is 0 Å². The van der Waals surface area contributed by atoms with E-state index in [-0.39, 0.29) is 11.5 Å². The lowest BCUT2D eigenvalue weighted by atomic mass is 10.2. The van der Waals surface area contributed by atoms with Gasteiger partial charge in [-0.05, 0) is 11.4 Å². The van der Waals surface area contributed by atoms with Gasteiger partial charge < -0.3 is 10.4 Å². The Morgan fingerprint density at radius 2 is 2.22 bits per heavy atom. The lowest BCUT2D eigenvalue weighted by Gasteiger charge is -2.07. The van der Waals surface area contributed by atoms with E-state index in [1.807, 2.05) is 0 Å². The highest BCUT2D eigenvalue weighted by molar-refractivity contribution is 7.12. The van der Waals surface area contributed by atoms with Crippen LogP contribution in [0.5, 0.6) is 0 Å². The normalized spacial score (nSPS) is 10.7. The van der Waals surface area contributed by atoms with E-state index < -0.39 is 25.0 Å². The maximum Gasteiger partial charge on any atom is 0.390 e. The molecule has 0 unspecified atom stereocenters. The molecule has 18 heavy (non-hydrogen) atoms. The molecule has 1 amide bonds. The second-order valence-electron chi connectivity index (χ2n) is 3.24. The molecular weight excluding hydrogens is 267 g/mol. The minimum atomic E-state index is -4.29. The summed E-state index contributed by atoms with van der Waals surface area (Å²) >= 11 is 1.09. The molecule has 0 aliphatic carbocycles. The number of rotatable bonds is 3. The minimum absolute atomic E-state index is 0.248. The van der Waals surface area contributed by atoms with Gasteiger partial charge in [0.15, 0.2) is 0 Å². The average molecular weight is 277 g/mol. The fraction of sp³-hybridized carbons (Fsp3) is 0.364. The molecule has 98 valence electrons. The third-order valence-corrected chi connectivity index (χ3v) is 2.78. The van der Waals surface area contributed by atoms with Crippen LogP contribution in [0.25, 0.3) is 0 Å². The molecule has 1 aromatic rings. The summed E-state index contributed by atoms with van der Waals surface area (Å²) in [6.45, 7) is -0.807. The minimum Gasteiger partial charge on any atom is -0.384 e. The summed E-state index contributed by atoms with van der Waals surface area (Å²) in [6.07, 6.45) is -5.36. The molecule has 0 atom stereocenters. The number of alkyl halides is 3. The third-order valence-electron chi connectivity index (χ3n) is 1.87. The third kappa shape index (κ3) is 4.77. The number of aliphatic hydroxyl groups is 1. The molecule has 0 aromatic carbocycles. The molecule has 0 bridgehead atoms. The molecule has 0 aliphatic rings. The number of hydrogen-bond donors (Lipinski definition) is 2. The number of carbonyl (C=O) groups is 1. The van der Waals surface area contributed by atoms with Crippen LogP contribution < -0.4 is 5.32 Å². The first-order valence-electron chi connectivity index (χ1n) is 4.96. The molecule has 1 aromatic heterocycles. The Bertz CT molecular complexity index is 471. The quantitative estimate of drug-likeness (QED) is 0.827. The molecule has 0 saturated heterocycles. The first-order valence-corrected chi connectivity index (χ1v) is 5.84. The summed E-state index contributed by atoms with van der Waals surface area (Å²) in [5.74, 6) is 4.35. The first kappa shape index (κ1) is 14.5. The van der Waals surface area contributed by atoms with E-state index in [1.165, 1.54) is 0 Å². The largest absolute Gasteiger partial charge is 0.390 e. The van der Waals surface area contributed by atoms with Crippen molar-refractivity contribution in [2.45, 2.75) is 12.6 Å². The van der Waals surface area contributed by atoms with E-state index >= 15 is 0 Å². The van der Waals surface area contributed by atoms with Crippen LogP contribution in [0.2, 0.25) is 0 Å². The zero-order valence-electron chi connectivity index (χ0n) is 9.17. The smallest absolute Gasteiger partial charge is 0.384 e. The summed E-state index contributed by atoms with van der Waals surface area (Å²) in [5, 5.41) is 12.3. The molecule has 2 N–H and O–H groups in total. The van der Waals surface area contributed by atoms with Crippen LogP contribution in [-0.2, 0) is 0 Å². The number of amides is 1. The van der Waals surface area contributed by atoms with Crippen LogP contribution in [-0.4, -0.2) is 30.3 Å². The molecule has 0 fully saturated rings. The van der Waals surface area contributed by atoms with E-state index in [0.29, 0.717) is 5.56 Å². The highest BCUT2D eigenvalue weighted by Gasteiger charge is 2.26. The summed E-state index contributed by atoms with van der Waals surface area (Å²) in [7, 11) is 0. The number of aliphatic hydroxyl groups excluding tert-OH is 1. The molecule has 0 saturated carbocycles. The number of hydrogen-bond acceptors (Lipinski definition) is 3. The molecule has 0 radical (unpaired) electrons. The van der Waals surface area contributed by atoms with Gasteiger partial charge in [-0.2, -0.15) is 13.2 Å². The van der Waals surface area contributed by atoms with Crippen molar-refractivity contribution >= 4 is 17.2 Å². The van der Waals surface area contributed by atoms with E-state index in [0.717, 1.165) is 11.3 Å². The van der Waals surface area contributed by atoms with Crippen LogP contribution in [0.15, 0.2) is 11.4 Å². The molecule has 1 rings (SSSR count). The van der Waals surface area contributed by atoms with Crippen LogP contribution in [0.4, 0.5) is 13.2 Å². The van der Waals surface area contributed by atoms with Crippen molar-refractivity contribution in [1.29, 1.82) is 0 Å². The molecule has 0 spiro atoms. The van der Waals surface area contributed by atoms with Crippen LogP contribution in [0.3, 0.4) is 0 Å². The van der Waals surface area contributed by atoms with Gasteiger partial charge in [-0.1, -0.05) is 11.8 Å². The molecular formula is C11H10F3NO2S. The van der Waals surface area contributed by atoms with Crippen molar-refractivity contribution in [3.8, 4) is 11.8 Å². The fourth-order valence-corrected chi connectivity index (χ4v) is 1.88. The van der Waals surface area contributed by atoms with Gasteiger partial charge in [-0.3, -0.25) is 4.79 Å². The molecule has 7 heteroatoms. The summed E-state index contributed by atoms with van der Waals surface area (Å²) in [5.41, 5.74) is 0.401. The Labute approximate surface area is 106 Å². The van der Waals surface area contributed by atoms with E-state index in [2.05, 4.69) is 17.2 Å². The van der Waals surface area contributed by atoms with Gasteiger partial charge in [0.05, 0.1) is 6.42 Å². The Hall–Kier alpha value is -1.52. The maximum atomic E-state index is 11.9. The number of thiophene rings is 1. The Balaban J connectivity index is 2.59. The Morgan fingerprint density at radius 3 is 2.83 bits per heavy atom. The zero-order chi connectivity index (χ0) is 13.6. The highest BCUT2D eigenvalue weighted by Crippen LogP contribution is 2.19. The monoisotopic (exact) mass is 277 g/mol. The molecule has 0 aliphatic heterocycles. The van der Waals surface area contributed by atoms with Crippen molar-refractivity contribution in [3.63, 3.8) is 0 Å². The predicted octanol–water partition coefficient (Wildman–Crippen LogP) is 1.77. The van der Waals surface area contributed by atoms with E-state index in [4.69, 9.17) is 5.11 Å². The number of carbonyl (C=O) groups excluding carboxylic acids is 1. The average Bonchev–Trinajstić information content (AvgIpc) is 2.72. The second-order valence-corrected chi connectivity index (χ2v) is 4.16. The van der Waals surface area contributed by atoms with Crippen LogP contribution >= 0.6 is 11.3 Å². The van der Waals surface area contributed by atoms with Crippen molar-refractivity contribution in [1.82, 2.24) is 5.32 Å². The van der Waals surface area contributed by atoms with Gasteiger partial charge in [0.2, 0.25) is 0 Å². The maximum absolute atomic E-state index is 11.9. The van der Waals surface area contributed by atoms with Gasteiger partial charge in [-0.15, -0.1) is 11.3 Å². The van der Waals surface area contributed by atoms with Crippen LogP contribution in [0, 0.1) is 11.8 Å². The molecule has 3 nitrogen and oxygen atoms in total. The standard InChI is InChI=1S/C11H10F3NO2S/c12-11(13,14)4-5-15-10(17)9-8(2-1-6-16)3-7-18-9/h3,7,16H,4-6H2,(H,15,17). The van der Waals surface area contributed by atoms with Crippen molar-refractivity contribution in [3.05, 3.63) is 21.9 Å². The summed E-state index contributed by atoms with van der Waals surface area (Å²) < 4.78 is 35.7. The highest BCUT2D eigenvalue weighted by atomic mass is 32.1. The Kier molecular flexibility index (Phi) is 5.19. The van der Waals surface area contributed by atoms with Crippen molar-refractivity contribution < 1.29 is 23.1 Å². The van der Waals surface area contributed by atoms with Crippen LogP contribution in [0.1, 0.15) is 21.7 Å². The first-order chi connectivity index (χ1) is 8.44. The van der Waals surface area contributed by atoms with Gasteiger partial charge >= 0.3 is 6.18 Å². The van der Waals surface area contributed by atoms with E-state index in [9.17, 15) is 18.0 Å². The fourth-order valence-electron chi connectivity index (χ4n) is 1.12. The van der Waals surface area contributed by atoms with Gasteiger partial charge in [0.25, 0.3) is 5.91 Å². The zero-order valence-corrected chi connectivity index (χ0v) is 9.99. The van der Waals surface area contributed by atoms with Gasteiger partial charge in [0.1, 0.15) is 11.5 Å². The topological polar surface area (TPSA) is 49.3 Å².